The topological polar surface area (TPSA) is 125 Å². The Morgan fingerprint density at radius 2 is 2.03 bits per heavy atom. The van der Waals surface area contributed by atoms with Gasteiger partial charge in [-0.15, -0.1) is 0 Å². The van der Waals surface area contributed by atoms with Gasteiger partial charge in [0.25, 0.3) is 11.5 Å². The molecule has 1 amide bonds. The number of aromatic nitrogens is 1. The zero-order chi connectivity index (χ0) is 22.5. The van der Waals surface area contributed by atoms with Gasteiger partial charge < -0.3 is 19.5 Å². The van der Waals surface area contributed by atoms with Crippen molar-refractivity contribution in [1.82, 2.24) is 10.3 Å². The van der Waals surface area contributed by atoms with Gasteiger partial charge in [0.1, 0.15) is 23.0 Å². The van der Waals surface area contributed by atoms with Crippen molar-refractivity contribution in [2.45, 2.75) is 39.7 Å². The van der Waals surface area contributed by atoms with Crippen LogP contribution < -0.4 is 10.9 Å². The summed E-state index contributed by atoms with van der Waals surface area (Å²) in [6, 6.07) is 10.9. The number of para-hydroxylation sites is 1. The lowest BCUT2D eigenvalue weighted by Gasteiger charge is -2.12. The van der Waals surface area contributed by atoms with Crippen LogP contribution in [0.1, 0.15) is 47.5 Å². The number of benzene rings is 1. The molecule has 0 fully saturated rings. The lowest BCUT2D eigenvalue weighted by Crippen LogP contribution is -2.31. The summed E-state index contributed by atoms with van der Waals surface area (Å²) in [7, 11) is 0. The smallest absolute Gasteiger partial charge is 0.306 e. The van der Waals surface area contributed by atoms with Crippen LogP contribution in [0.15, 0.2) is 39.5 Å². The van der Waals surface area contributed by atoms with Gasteiger partial charge in [0.05, 0.1) is 6.04 Å². The molecule has 8 nitrogen and oxygen atoms in total. The third-order valence-electron chi connectivity index (χ3n) is 5.11. The van der Waals surface area contributed by atoms with Crippen molar-refractivity contribution in [3.8, 4) is 6.07 Å². The second-order valence-electron chi connectivity index (χ2n) is 7.31. The van der Waals surface area contributed by atoms with E-state index in [1.807, 2.05) is 36.4 Å². The molecule has 2 N–H and O–H groups in total. The van der Waals surface area contributed by atoms with Crippen molar-refractivity contribution in [3.63, 3.8) is 0 Å². The fourth-order valence-corrected chi connectivity index (χ4v) is 3.44. The number of H-pyrrole nitrogens is 1. The van der Waals surface area contributed by atoms with Gasteiger partial charge in [0.2, 0.25) is 0 Å². The number of hydrogen-bond donors (Lipinski definition) is 2. The van der Waals surface area contributed by atoms with Crippen LogP contribution in [0.5, 0.6) is 0 Å². The summed E-state index contributed by atoms with van der Waals surface area (Å²) in [4.78, 5) is 38.6. The number of nitriles is 1. The molecule has 3 rings (SSSR count). The summed E-state index contributed by atoms with van der Waals surface area (Å²) < 4.78 is 10.8. The van der Waals surface area contributed by atoms with E-state index in [0.29, 0.717) is 23.4 Å². The van der Waals surface area contributed by atoms with Crippen LogP contribution in [0.25, 0.3) is 11.0 Å². The summed E-state index contributed by atoms with van der Waals surface area (Å²) in [6.45, 7) is 4.76. The van der Waals surface area contributed by atoms with Crippen LogP contribution >= 0.6 is 0 Å². The average molecular weight is 421 g/mol. The highest BCUT2D eigenvalue weighted by Crippen LogP contribution is 2.23. The first-order valence-electron chi connectivity index (χ1n) is 9.86. The molecule has 2 heterocycles. The van der Waals surface area contributed by atoms with Crippen molar-refractivity contribution in [3.05, 3.63) is 68.8 Å². The summed E-state index contributed by atoms with van der Waals surface area (Å²) in [6.07, 6.45) is 0.309. The van der Waals surface area contributed by atoms with Crippen molar-refractivity contribution >= 4 is 22.8 Å². The van der Waals surface area contributed by atoms with Gasteiger partial charge in [0, 0.05) is 17.5 Å². The number of pyridine rings is 1. The van der Waals surface area contributed by atoms with E-state index in [1.54, 1.807) is 20.8 Å². The Labute approximate surface area is 178 Å². The van der Waals surface area contributed by atoms with Crippen LogP contribution in [0, 0.1) is 25.2 Å². The summed E-state index contributed by atoms with van der Waals surface area (Å²) in [5, 5.41) is 12.8. The molecule has 1 aromatic carbocycles. The van der Waals surface area contributed by atoms with Gasteiger partial charge in [-0.25, -0.2) is 0 Å². The normalized spacial score (nSPS) is 11.7. The molecule has 0 saturated carbocycles. The minimum atomic E-state index is -0.546. The van der Waals surface area contributed by atoms with E-state index in [4.69, 9.17) is 14.4 Å². The number of amides is 1. The van der Waals surface area contributed by atoms with Crippen LogP contribution in [0.3, 0.4) is 0 Å². The minimum absolute atomic E-state index is 0.0188. The highest BCUT2D eigenvalue weighted by atomic mass is 16.5. The predicted molar refractivity (Wildman–Crippen MR) is 113 cm³/mol. The molecule has 2 aromatic heterocycles. The van der Waals surface area contributed by atoms with Crippen LogP contribution in [0.4, 0.5) is 0 Å². The van der Waals surface area contributed by atoms with E-state index < -0.39 is 24.0 Å². The maximum Gasteiger partial charge on any atom is 0.306 e. The fraction of sp³-hybridized carbons (Fsp3) is 0.304. The number of carbonyl (C=O) groups is 2. The van der Waals surface area contributed by atoms with Crippen LogP contribution in [0.2, 0.25) is 0 Å². The number of nitrogens with zero attached hydrogens (tertiary/aromatic N) is 1. The molecule has 0 aliphatic rings. The fourth-order valence-electron chi connectivity index (χ4n) is 3.44. The molecule has 1 atom stereocenters. The average Bonchev–Trinajstić information content (AvgIpc) is 3.16. The second-order valence-corrected chi connectivity index (χ2v) is 7.31. The molecule has 0 unspecified atom stereocenters. The Balaban J connectivity index is 1.51. The molecule has 0 aliphatic heterocycles. The Bertz CT molecular complexity index is 1200. The number of esters is 1. The largest absolute Gasteiger partial charge is 0.459 e. The lowest BCUT2D eigenvalue weighted by atomic mass is 9.99. The van der Waals surface area contributed by atoms with Crippen molar-refractivity contribution in [1.29, 1.82) is 5.26 Å². The molecule has 0 spiro atoms. The molecule has 0 radical (unpaired) electrons. The molecule has 8 heteroatoms. The number of fused-ring (bicyclic) bond motifs is 1. The van der Waals surface area contributed by atoms with Gasteiger partial charge in [0.15, 0.2) is 6.61 Å². The molecule has 0 aliphatic carbocycles. The highest BCUT2D eigenvalue weighted by Gasteiger charge is 2.17. The maximum absolute atomic E-state index is 12.1. The zero-order valence-corrected chi connectivity index (χ0v) is 17.6. The van der Waals surface area contributed by atoms with E-state index in [2.05, 4.69) is 10.3 Å². The van der Waals surface area contributed by atoms with Crippen LogP contribution in [-0.2, 0) is 20.7 Å². The summed E-state index contributed by atoms with van der Waals surface area (Å²) in [5.41, 5.74) is 2.20. The van der Waals surface area contributed by atoms with Crippen LogP contribution in [-0.4, -0.2) is 23.5 Å². The molecular weight excluding hydrogens is 398 g/mol. The second kappa shape index (κ2) is 9.30. The number of furan rings is 1. The molecule has 160 valence electrons. The third-order valence-corrected chi connectivity index (χ3v) is 5.11. The first kappa shape index (κ1) is 21.8. The number of aromatic amines is 1. The minimum Gasteiger partial charge on any atom is -0.459 e. The molecule has 31 heavy (non-hydrogen) atoms. The van der Waals surface area contributed by atoms with E-state index in [-0.39, 0.29) is 18.0 Å². The highest BCUT2D eigenvalue weighted by molar-refractivity contribution is 5.81. The van der Waals surface area contributed by atoms with Crippen molar-refractivity contribution in [2.24, 2.45) is 0 Å². The van der Waals surface area contributed by atoms with E-state index in [0.717, 1.165) is 16.5 Å². The summed E-state index contributed by atoms with van der Waals surface area (Å²) >= 11 is 0. The van der Waals surface area contributed by atoms with Gasteiger partial charge in [-0.3, -0.25) is 14.4 Å². The monoisotopic (exact) mass is 421 g/mol. The van der Waals surface area contributed by atoms with Gasteiger partial charge in [-0.05, 0) is 50.5 Å². The Hall–Kier alpha value is -3.86. The quantitative estimate of drug-likeness (QED) is 0.565. The third kappa shape index (κ3) is 5.01. The van der Waals surface area contributed by atoms with E-state index in [9.17, 15) is 14.4 Å². The number of aryl methyl sites for hydroxylation is 1. The van der Waals surface area contributed by atoms with Crippen molar-refractivity contribution < 1.29 is 18.7 Å². The van der Waals surface area contributed by atoms with Gasteiger partial charge in [-0.1, -0.05) is 18.2 Å². The Kier molecular flexibility index (Phi) is 6.55. The molecular formula is C23H23N3O5. The first-order valence-corrected chi connectivity index (χ1v) is 9.86. The number of rotatable bonds is 7. The Morgan fingerprint density at radius 1 is 1.29 bits per heavy atom. The van der Waals surface area contributed by atoms with E-state index >= 15 is 0 Å². The summed E-state index contributed by atoms with van der Waals surface area (Å²) in [5.74, 6) is -0.377. The molecule has 0 bridgehead atoms. The van der Waals surface area contributed by atoms with Crippen molar-refractivity contribution in [2.75, 3.05) is 6.61 Å². The lowest BCUT2D eigenvalue weighted by molar-refractivity contribution is -0.148. The standard InChI is InChI=1S/C23H23N3O5/c1-13-17(14(2)26-23(29)18(13)11-24)8-9-22(28)30-12-21(27)25-15(3)20-10-16-6-4-5-7-19(16)31-20/h4-7,10,15H,8-9,12H2,1-3H3,(H,25,27)(H,26,29)/t15-/m1/s1. The van der Waals surface area contributed by atoms with Gasteiger partial charge in [-0.2, -0.15) is 5.26 Å². The Morgan fingerprint density at radius 3 is 2.74 bits per heavy atom. The zero-order valence-electron chi connectivity index (χ0n) is 17.6. The maximum atomic E-state index is 12.1. The number of carbonyl (C=O) groups excluding carboxylic acids is 2. The molecule has 0 saturated heterocycles. The number of hydrogen-bond acceptors (Lipinski definition) is 6. The first-order chi connectivity index (χ1) is 14.8. The number of ether oxygens (including phenoxy) is 1. The number of nitrogens with one attached hydrogen (secondary N) is 2. The SMILES string of the molecule is Cc1[nH]c(=O)c(C#N)c(C)c1CCC(=O)OCC(=O)N[C@H](C)c1cc2ccccc2o1. The van der Waals surface area contributed by atoms with Gasteiger partial charge >= 0.3 is 5.97 Å². The van der Waals surface area contributed by atoms with E-state index in [1.165, 1.54) is 0 Å². The predicted octanol–water partition coefficient (Wildman–Crippen LogP) is 2.96. The molecule has 3 aromatic rings.